The molecule has 0 saturated heterocycles. The van der Waals surface area contributed by atoms with E-state index < -0.39 is 0 Å². The molecule has 178 valence electrons. The molecular formula is C27H31N3O3S. The second kappa shape index (κ2) is 10.1. The van der Waals surface area contributed by atoms with Crippen LogP contribution >= 0.6 is 12.2 Å². The first-order valence-electron chi connectivity index (χ1n) is 12.2. The monoisotopic (exact) mass is 477 g/mol. The lowest BCUT2D eigenvalue weighted by Crippen LogP contribution is -2.47. The number of fused-ring (bicyclic) bond motifs is 2. The van der Waals surface area contributed by atoms with Crippen molar-refractivity contribution < 1.29 is 9.47 Å². The van der Waals surface area contributed by atoms with E-state index in [1.54, 1.807) is 0 Å². The Bertz CT molecular complexity index is 1220. The summed E-state index contributed by atoms with van der Waals surface area (Å²) in [5.74, 6) is 1.39. The lowest BCUT2D eigenvalue weighted by molar-refractivity contribution is 0.172. The molecule has 0 bridgehead atoms. The largest absolute Gasteiger partial charge is 0.486 e. The number of nitrogens with zero attached hydrogens (tertiary/aromatic N) is 1. The van der Waals surface area contributed by atoms with Crippen molar-refractivity contribution in [2.45, 2.75) is 57.7 Å². The number of nitrogens with one attached hydrogen (secondary N) is 2. The van der Waals surface area contributed by atoms with Crippen molar-refractivity contribution in [3.05, 3.63) is 70.0 Å². The quantitative estimate of drug-likeness (QED) is 0.500. The molecule has 0 spiro atoms. The molecule has 0 unspecified atom stereocenters. The minimum atomic E-state index is -0.0936. The zero-order valence-electron chi connectivity index (χ0n) is 19.5. The van der Waals surface area contributed by atoms with Gasteiger partial charge in [0, 0.05) is 23.1 Å². The van der Waals surface area contributed by atoms with E-state index in [0.717, 1.165) is 29.5 Å². The Hall–Kier alpha value is -3.06. The summed E-state index contributed by atoms with van der Waals surface area (Å²) < 4.78 is 11.4. The van der Waals surface area contributed by atoms with E-state index in [0.29, 0.717) is 42.2 Å². The van der Waals surface area contributed by atoms with Crippen LogP contribution in [0.4, 0.5) is 0 Å². The maximum absolute atomic E-state index is 13.1. The van der Waals surface area contributed by atoms with Crippen LogP contribution in [0.2, 0.25) is 0 Å². The van der Waals surface area contributed by atoms with Gasteiger partial charge in [0.15, 0.2) is 16.6 Å². The summed E-state index contributed by atoms with van der Waals surface area (Å²) in [7, 11) is 0. The van der Waals surface area contributed by atoms with Gasteiger partial charge in [-0.05, 0) is 49.7 Å². The third kappa shape index (κ3) is 4.89. The predicted molar refractivity (Wildman–Crippen MR) is 139 cm³/mol. The Morgan fingerprint density at radius 3 is 2.53 bits per heavy atom. The molecule has 0 amide bonds. The van der Waals surface area contributed by atoms with Gasteiger partial charge in [-0.1, -0.05) is 49.6 Å². The summed E-state index contributed by atoms with van der Waals surface area (Å²) in [6.45, 7) is 3.64. The van der Waals surface area contributed by atoms with Crippen molar-refractivity contribution in [1.29, 1.82) is 0 Å². The molecule has 1 atom stereocenters. The topological polar surface area (TPSA) is 66.6 Å². The maximum Gasteiger partial charge on any atom is 0.253 e. The SMILES string of the molecule is C[C@H](NC(=S)N(Cc1cc2cc3c(cc2[nH]c1=O)OCCO3)C1CCCCC1)c1ccccc1. The number of pyridine rings is 1. The van der Waals surface area contributed by atoms with Crippen molar-refractivity contribution in [2.75, 3.05) is 13.2 Å². The first-order valence-corrected chi connectivity index (χ1v) is 12.6. The Kier molecular flexibility index (Phi) is 6.72. The number of ether oxygens (including phenoxy) is 2. The standard InChI is InChI=1S/C27H31N3O3S/c1-18(19-8-4-2-5-9-19)28-27(34)30(22-10-6-3-7-11-22)17-21-14-20-15-24-25(33-13-12-32-24)16-23(20)29-26(21)31/h2,4-5,8-9,14-16,18,22H,3,6-7,10-13,17H2,1H3,(H,28,34)(H,29,31)/t18-/m0/s1. The molecule has 1 aliphatic carbocycles. The lowest BCUT2D eigenvalue weighted by atomic mass is 9.94. The molecule has 6 nitrogen and oxygen atoms in total. The highest BCUT2D eigenvalue weighted by molar-refractivity contribution is 7.80. The van der Waals surface area contributed by atoms with Crippen molar-refractivity contribution in [3.8, 4) is 11.5 Å². The van der Waals surface area contributed by atoms with E-state index in [-0.39, 0.29) is 11.6 Å². The maximum atomic E-state index is 13.1. The van der Waals surface area contributed by atoms with Gasteiger partial charge in [-0.15, -0.1) is 0 Å². The molecule has 5 rings (SSSR count). The molecule has 0 radical (unpaired) electrons. The Morgan fingerprint density at radius 2 is 1.79 bits per heavy atom. The number of H-pyrrole nitrogens is 1. The summed E-state index contributed by atoms with van der Waals surface area (Å²) in [5, 5.41) is 5.15. The normalized spacial score (nSPS) is 16.7. The number of aromatic amines is 1. The van der Waals surface area contributed by atoms with Gasteiger partial charge in [0.05, 0.1) is 18.1 Å². The summed E-state index contributed by atoms with van der Waals surface area (Å²) >= 11 is 5.92. The van der Waals surface area contributed by atoms with Crippen LogP contribution in [0, 0.1) is 0 Å². The van der Waals surface area contributed by atoms with Gasteiger partial charge in [0.2, 0.25) is 0 Å². The van der Waals surface area contributed by atoms with Gasteiger partial charge >= 0.3 is 0 Å². The summed E-state index contributed by atoms with van der Waals surface area (Å²) in [5.41, 5.74) is 2.54. The van der Waals surface area contributed by atoms with Crippen LogP contribution in [-0.2, 0) is 6.54 Å². The fourth-order valence-electron chi connectivity index (χ4n) is 4.94. The van der Waals surface area contributed by atoms with Gasteiger partial charge in [-0.2, -0.15) is 0 Å². The molecule has 3 aromatic rings. The van der Waals surface area contributed by atoms with Crippen molar-refractivity contribution in [3.63, 3.8) is 0 Å². The Balaban J connectivity index is 1.42. The minimum Gasteiger partial charge on any atom is -0.486 e. The molecule has 1 aromatic heterocycles. The molecule has 2 heterocycles. The van der Waals surface area contributed by atoms with E-state index in [9.17, 15) is 4.79 Å². The predicted octanol–water partition coefficient (Wildman–Crippen LogP) is 5.07. The molecule has 34 heavy (non-hydrogen) atoms. The number of hydrogen-bond acceptors (Lipinski definition) is 4. The van der Waals surface area contributed by atoms with Gasteiger partial charge in [-0.25, -0.2) is 0 Å². The zero-order valence-corrected chi connectivity index (χ0v) is 20.3. The van der Waals surface area contributed by atoms with Gasteiger partial charge in [0.25, 0.3) is 5.56 Å². The van der Waals surface area contributed by atoms with E-state index in [1.807, 2.05) is 36.4 Å². The average molecular weight is 478 g/mol. The molecule has 1 fully saturated rings. The van der Waals surface area contributed by atoms with Crippen LogP contribution in [0.15, 0.2) is 53.3 Å². The highest BCUT2D eigenvalue weighted by atomic mass is 32.1. The van der Waals surface area contributed by atoms with Crippen LogP contribution in [0.25, 0.3) is 10.9 Å². The summed E-state index contributed by atoms with van der Waals surface area (Å²) in [6.07, 6.45) is 5.82. The second-order valence-electron chi connectivity index (χ2n) is 9.21. The van der Waals surface area contributed by atoms with E-state index in [1.165, 1.54) is 24.8 Å². The Morgan fingerprint density at radius 1 is 1.09 bits per heavy atom. The number of rotatable bonds is 5. The van der Waals surface area contributed by atoms with Crippen LogP contribution in [0.5, 0.6) is 11.5 Å². The second-order valence-corrected chi connectivity index (χ2v) is 9.60. The van der Waals surface area contributed by atoms with Gasteiger partial charge in [-0.3, -0.25) is 4.79 Å². The number of benzene rings is 2. The first kappa shape index (κ1) is 22.7. The van der Waals surface area contributed by atoms with Crippen LogP contribution in [0.3, 0.4) is 0 Å². The molecule has 2 N–H and O–H groups in total. The highest BCUT2D eigenvalue weighted by Crippen LogP contribution is 2.34. The summed E-state index contributed by atoms with van der Waals surface area (Å²) in [6, 6.07) is 16.5. The third-order valence-electron chi connectivity index (χ3n) is 6.84. The lowest BCUT2D eigenvalue weighted by Gasteiger charge is -2.37. The zero-order chi connectivity index (χ0) is 23.5. The van der Waals surface area contributed by atoms with E-state index in [4.69, 9.17) is 21.7 Å². The first-order chi connectivity index (χ1) is 16.6. The van der Waals surface area contributed by atoms with E-state index >= 15 is 0 Å². The molecule has 1 saturated carbocycles. The van der Waals surface area contributed by atoms with Gasteiger partial charge < -0.3 is 24.7 Å². The third-order valence-corrected chi connectivity index (χ3v) is 7.19. The molecule has 2 aliphatic rings. The van der Waals surface area contributed by atoms with Crippen molar-refractivity contribution >= 4 is 28.2 Å². The average Bonchev–Trinajstić information content (AvgIpc) is 2.87. The molecular weight excluding hydrogens is 446 g/mol. The Labute approximate surface area is 205 Å². The summed E-state index contributed by atoms with van der Waals surface area (Å²) in [4.78, 5) is 18.3. The molecule has 1 aliphatic heterocycles. The van der Waals surface area contributed by atoms with Crippen molar-refractivity contribution in [1.82, 2.24) is 15.2 Å². The fourth-order valence-corrected chi connectivity index (χ4v) is 5.33. The van der Waals surface area contributed by atoms with Crippen LogP contribution in [-0.4, -0.2) is 34.3 Å². The molecule has 2 aromatic carbocycles. The van der Waals surface area contributed by atoms with E-state index in [2.05, 4.69) is 34.3 Å². The van der Waals surface area contributed by atoms with Crippen molar-refractivity contribution in [2.24, 2.45) is 0 Å². The molecule has 7 heteroatoms. The smallest absolute Gasteiger partial charge is 0.253 e. The number of hydrogen-bond donors (Lipinski definition) is 2. The highest BCUT2D eigenvalue weighted by Gasteiger charge is 2.25. The van der Waals surface area contributed by atoms with Crippen LogP contribution < -0.4 is 20.3 Å². The van der Waals surface area contributed by atoms with Crippen LogP contribution in [0.1, 0.15) is 56.2 Å². The number of aromatic nitrogens is 1. The van der Waals surface area contributed by atoms with Gasteiger partial charge in [0.1, 0.15) is 13.2 Å². The number of thiocarbonyl (C=S) groups is 1. The minimum absolute atomic E-state index is 0.0818. The fraction of sp³-hybridized carbons (Fsp3) is 0.407.